The second kappa shape index (κ2) is 6.60. The van der Waals surface area contributed by atoms with Gasteiger partial charge in [0.25, 0.3) is 0 Å². The zero-order valence-corrected chi connectivity index (χ0v) is 11.4. The SMILES string of the molecule is CCOC(=O)Nc1cccc(OCc2cc(C)no2)c1. The van der Waals surface area contributed by atoms with Crippen LogP contribution in [0.25, 0.3) is 0 Å². The minimum atomic E-state index is -0.490. The number of hydrogen-bond donors (Lipinski definition) is 1. The first-order valence-electron chi connectivity index (χ1n) is 6.26. The number of ether oxygens (including phenoxy) is 2. The van der Waals surface area contributed by atoms with Crippen molar-refractivity contribution >= 4 is 11.8 Å². The van der Waals surface area contributed by atoms with Crippen molar-refractivity contribution in [2.24, 2.45) is 0 Å². The highest BCUT2D eigenvalue weighted by Crippen LogP contribution is 2.19. The summed E-state index contributed by atoms with van der Waals surface area (Å²) >= 11 is 0. The van der Waals surface area contributed by atoms with Crippen LogP contribution in [0.15, 0.2) is 34.9 Å². The molecular weight excluding hydrogens is 260 g/mol. The third kappa shape index (κ3) is 4.01. The highest BCUT2D eigenvalue weighted by atomic mass is 16.5. The molecule has 6 heteroatoms. The van der Waals surface area contributed by atoms with Gasteiger partial charge in [-0.25, -0.2) is 4.79 Å². The second-order valence-electron chi connectivity index (χ2n) is 4.10. The van der Waals surface area contributed by atoms with E-state index in [9.17, 15) is 4.79 Å². The maximum atomic E-state index is 11.3. The van der Waals surface area contributed by atoms with Crippen LogP contribution >= 0.6 is 0 Å². The van der Waals surface area contributed by atoms with E-state index in [2.05, 4.69) is 10.5 Å². The van der Waals surface area contributed by atoms with Crippen LogP contribution in [0.2, 0.25) is 0 Å². The minimum absolute atomic E-state index is 0.281. The van der Waals surface area contributed by atoms with Gasteiger partial charge in [-0.05, 0) is 26.0 Å². The smallest absolute Gasteiger partial charge is 0.411 e. The number of amides is 1. The largest absolute Gasteiger partial charge is 0.485 e. The van der Waals surface area contributed by atoms with Crippen LogP contribution in [0, 0.1) is 6.92 Å². The third-order valence-corrected chi connectivity index (χ3v) is 2.41. The molecule has 0 aliphatic carbocycles. The van der Waals surface area contributed by atoms with E-state index in [1.54, 1.807) is 37.3 Å². The van der Waals surface area contributed by atoms with Gasteiger partial charge in [-0.3, -0.25) is 5.32 Å². The Morgan fingerprint density at radius 1 is 1.40 bits per heavy atom. The topological polar surface area (TPSA) is 73.6 Å². The molecule has 0 spiro atoms. The molecule has 1 aromatic heterocycles. The summed E-state index contributed by atoms with van der Waals surface area (Å²) in [6.45, 7) is 4.20. The number of carbonyl (C=O) groups excluding carboxylic acids is 1. The van der Waals surface area contributed by atoms with Crippen LogP contribution in [-0.2, 0) is 11.3 Å². The Kier molecular flexibility index (Phi) is 4.60. The van der Waals surface area contributed by atoms with Crippen molar-refractivity contribution in [1.82, 2.24) is 5.16 Å². The van der Waals surface area contributed by atoms with E-state index >= 15 is 0 Å². The Hall–Kier alpha value is -2.50. The van der Waals surface area contributed by atoms with Crippen LogP contribution in [0.3, 0.4) is 0 Å². The monoisotopic (exact) mass is 276 g/mol. The van der Waals surface area contributed by atoms with E-state index in [-0.39, 0.29) is 6.61 Å². The molecule has 0 fully saturated rings. The summed E-state index contributed by atoms with van der Waals surface area (Å²) < 4.78 is 15.4. The van der Waals surface area contributed by atoms with Crippen molar-refractivity contribution in [2.45, 2.75) is 20.5 Å². The normalized spacial score (nSPS) is 10.1. The van der Waals surface area contributed by atoms with Crippen LogP contribution < -0.4 is 10.1 Å². The van der Waals surface area contributed by atoms with Crippen molar-refractivity contribution in [3.05, 3.63) is 41.8 Å². The predicted octanol–water partition coefficient (Wildman–Crippen LogP) is 3.13. The van der Waals surface area contributed by atoms with Crippen molar-refractivity contribution < 1.29 is 18.8 Å². The maximum absolute atomic E-state index is 11.3. The van der Waals surface area contributed by atoms with Gasteiger partial charge in [0.1, 0.15) is 12.4 Å². The first-order chi connectivity index (χ1) is 9.67. The van der Waals surface area contributed by atoms with Gasteiger partial charge in [0, 0.05) is 17.8 Å². The molecule has 0 aliphatic heterocycles. The third-order valence-electron chi connectivity index (χ3n) is 2.41. The molecule has 106 valence electrons. The second-order valence-corrected chi connectivity index (χ2v) is 4.10. The molecule has 0 radical (unpaired) electrons. The van der Waals surface area contributed by atoms with Gasteiger partial charge in [-0.2, -0.15) is 0 Å². The number of rotatable bonds is 5. The van der Waals surface area contributed by atoms with Crippen molar-refractivity contribution in [1.29, 1.82) is 0 Å². The van der Waals surface area contributed by atoms with Crippen LogP contribution in [0.1, 0.15) is 18.4 Å². The molecule has 0 atom stereocenters. The number of aromatic nitrogens is 1. The van der Waals surface area contributed by atoms with Gasteiger partial charge < -0.3 is 14.0 Å². The fourth-order valence-electron chi connectivity index (χ4n) is 1.59. The summed E-state index contributed by atoms with van der Waals surface area (Å²) in [4.78, 5) is 11.3. The number of aryl methyl sites for hydroxylation is 1. The summed E-state index contributed by atoms with van der Waals surface area (Å²) in [5.41, 5.74) is 1.41. The Labute approximate surface area is 116 Å². The summed E-state index contributed by atoms with van der Waals surface area (Å²) in [6, 6.07) is 8.84. The zero-order chi connectivity index (χ0) is 14.4. The first-order valence-corrected chi connectivity index (χ1v) is 6.26. The lowest BCUT2D eigenvalue weighted by Crippen LogP contribution is -2.13. The van der Waals surface area contributed by atoms with Gasteiger partial charge in [-0.15, -0.1) is 0 Å². The molecule has 2 rings (SSSR count). The molecule has 0 saturated heterocycles. The van der Waals surface area contributed by atoms with Crippen molar-refractivity contribution in [2.75, 3.05) is 11.9 Å². The van der Waals surface area contributed by atoms with Crippen LogP contribution in [0.5, 0.6) is 5.75 Å². The Balaban J connectivity index is 1.93. The average molecular weight is 276 g/mol. The van der Waals surface area contributed by atoms with Gasteiger partial charge in [0.2, 0.25) is 0 Å². The quantitative estimate of drug-likeness (QED) is 0.908. The molecule has 1 heterocycles. The number of nitrogens with zero attached hydrogens (tertiary/aromatic N) is 1. The van der Waals surface area contributed by atoms with E-state index in [0.717, 1.165) is 5.69 Å². The Morgan fingerprint density at radius 3 is 2.95 bits per heavy atom. The number of benzene rings is 1. The van der Waals surface area contributed by atoms with Gasteiger partial charge >= 0.3 is 6.09 Å². The van der Waals surface area contributed by atoms with Gasteiger partial charge in [0.05, 0.1) is 12.3 Å². The number of hydrogen-bond acceptors (Lipinski definition) is 5. The van der Waals surface area contributed by atoms with E-state index in [4.69, 9.17) is 14.0 Å². The van der Waals surface area contributed by atoms with E-state index < -0.39 is 6.09 Å². The number of anilines is 1. The molecule has 1 amide bonds. The molecule has 1 aromatic carbocycles. The van der Waals surface area contributed by atoms with Crippen molar-refractivity contribution in [3.8, 4) is 5.75 Å². The number of nitrogens with one attached hydrogen (secondary N) is 1. The fourth-order valence-corrected chi connectivity index (χ4v) is 1.59. The first kappa shape index (κ1) is 13.9. The molecule has 2 aromatic rings. The predicted molar refractivity (Wildman–Crippen MR) is 72.7 cm³/mol. The maximum Gasteiger partial charge on any atom is 0.411 e. The van der Waals surface area contributed by atoms with E-state index in [1.165, 1.54) is 0 Å². The molecular formula is C14H16N2O4. The molecule has 20 heavy (non-hydrogen) atoms. The Morgan fingerprint density at radius 2 is 2.25 bits per heavy atom. The molecule has 0 bridgehead atoms. The molecule has 6 nitrogen and oxygen atoms in total. The summed E-state index contributed by atoms with van der Waals surface area (Å²) in [5, 5.41) is 6.39. The van der Waals surface area contributed by atoms with Gasteiger partial charge in [0.15, 0.2) is 5.76 Å². The standard InChI is InChI=1S/C14H16N2O4/c1-3-18-14(17)15-11-5-4-6-12(8-11)19-9-13-7-10(2)16-20-13/h4-8H,3,9H2,1-2H3,(H,15,17). The average Bonchev–Trinajstić information content (AvgIpc) is 2.83. The molecule has 0 aliphatic rings. The fraction of sp³-hybridized carbons (Fsp3) is 0.286. The lowest BCUT2D eigenvalue weighted by atomic mass is 10.3. The molecule has 0 unspecified atom stereocenters. The lowest BCUT2D eigenvalue weighted by Gasteiger charge is -2.08. The molecule has 0 saturated carbocycles. The highest BCUT2D eigenvalue weighted by Gasteiger charge is 2.05. The van der Waals surface area contributed by atoms with E-state index in [0.29, 0.717) is 23.8 Å². The minimum Gasteiger partial charge on any atom is -0.485 e. The Bertz CT molecular complexity index is 580. The molecule has 1 N–H and O–H groups in total. The summed E-state index contributed by atoms with van der Waals surface area (Å²) in [5.74, 6) is 1.26. The van der Waals surface area contributed by atoms with Gasteiger partial charge in [-0.1, -0.05) is 11.2 Å². The summed E-state index contributed by atoms with van der Waals surface area (Å²) in [7, 11) is 0. The van der Waals surface area contributed by atoms with E-state index in [1.807, 2.05) is 6.92 Å². The van der Waals surface area contributed by atoms with Crippen molar-refractivity contribution in [3.63, 3.8) is 0 Å². The number of carbonyl (C=O) groups is 1. The van der Waals surface area contributed by atoms with Crippen LogP contribution in [-0.4, -0.2) is 17.9 Å². The summed E-state index contributed by atoms with van der Waals surface area (Å²) in [6.07, 6.45) is -0.490. The zero-order valence-electron chi connectivity index (χ0n) is 11.4. The highest BCUT2D eigenvalue weighted by molar-refractivity contribution is 5.84. The lowest BCUT2D eigenvalue weighted by molar-refractivity contribution is 0.168. The van der Waals surface area contributed by atoms with Crippen LogP contribution in [0.4, 0.5) is 10.5 Å².